The molecule has 3 N–H and O–H groups in total. The minimum Gasteiger partial charge on any atom is -0.497 e. The predicted molar refractivity (Wildman–Crippen MR) is 136 cm³/mol. The van der Waals surface area contributed by atoms with Gasteiger partial charge in [0.1, 0.15) is 24.1 Å². The topological polar surface area (TPSA) is 109 Å². The van der Waals surface area contributed by atoms with Crippen molar-refractivity contribution < 1.29 is 23.9 Å². The van der Waals surface area contributed by atoms with Gasteiger partial charge in [0.2, 0.25) is 11.8 Å². The molecule has 0 spiro atoms. The molecule has 186 valence electrons. The molecule has 0 unspecified atom stereocenters. The average Bonchev–Trinajstić information content (AvgIpc) is 2.90. The number of hydrogen-bond acceptors (Lipinski definition) is 5. The Bertz CT molecular complexity index is 1180. The molecule has 9 heteroatoms. The Kier molecular flexibility index (Phi) is 8.02. The second-order valence-electron chi connectivity index (χ2n) is 8.21. The van der Waals surface area contributed by atoms with Crippen LogP contribution >= 0.6 is 0 Å². The molecule has 1 fully saturated rings. The number of amides is 4. The Morgan fingerprint density at radius 1 is 0.917 bits per heavy atom. The quantitative estimate of drug-likeness (QED) is 0.449. The number of carbonyl (C=O) groups is 3. The highest BCUT2D eigenvalue weighted by atomic mass is 16.5. The van der Waals surface area contributed by atoms with E-state index in [0.717, 1.165) is 5.56 Å². The van der Waals surface area contributed by atoms with Gasteiger partial charge < -0.3 is 30.3 Å². The lowest BCUT2D eigenvalue weighted by atomic mass is 10.1. The summed E-state index contributed by atoms with van der Waals surface area (Å²) in [6.45, 7) is 1.04. The fraction of sp³-hybridized carbons (Fsp3) is 0.222. The Morgan fingerprint density at radius 3 is 2.22 bits per heavy atom. The summed E-state index contributed by atoms with van der Waals surface area (Å²) in [5, 5.41) is 8.28. The van der Waals surface area contributed by atoms with Crippen molar-refractivity contribution in [1.29, 1.82) is 0 Å². The zero-order valence-electron chi connectivity index (χ0n) is 19.9. The summed E-state index contributed by atoms with van der Waals surface area (Å²) in [4.78, 5) is 39.5. The number of anilines is 2. The van der Waals surface area contributed by atoms with Crippen LogP contribution in [0.25, 0.3) is 0 Å². The molecule has 9 nitrogen and oxygen atoms in total. The van der Waals surface area contributed by atoms with Crippen molar-refractivity contribution in [2.45, 2.75) is 19.1 Å². The zero-order chi connectivity index (χ0) is 25.3. The van der Waals surface area contributed by atoms with Gasteiger partial charge in [-0.1, -0.05) is 30.3 Å². The number of benzene rings is 3. The van der Waals surface area contributed by atoms with E-state index >= 15 is 0 Å². The lowest BCUT2D eigenvalue weighted by Crippen LogP contribution is -2.59. The first kappa shape index (κ1) is 24.6. The van der Waals surface area contributed by atoms with Crippen molar-refractivity contribution in [2.75, 3.05) is 30.8 Å². The number of piperazine rings is 1. The molecule has 4 rings (SSSR count). The first-order valence-corrected chi connectivity index (χ1v) is 11.6. The van der Waals surface area contributed by atoms with Crippen molar-refractivity contribution in [3.05, 3.63) is 84.4 Å². The third-order valence-corrected chi connectivity index (χ3v) is 5.70. The molecule has 3 aromatic rings. The van der Waals surface area contributed by atoms with Crippen LogP contribution in [0.2, 0.25) is 0 Å². The third kappa shape index (κ3) is 6.53. The summed E-state index contributed by atoms with van der Waals surface area (Å²) in [6, 6.07) is 22.3. The van der Waals surface area contributed by atoms with E-state index < -0.39 is 12.1 Å². The van der Waals surface area contributed by atoms with Gasteiger partial charge in [-0.05, 0) is 54.1 Å². The Labute approximate surface area is 209 Å². The number of nitrogens with one attached hydrogen (secondary N) is 3. The molecule has 3 aromatic carbocycles. The van der Waals surface area contributed by atoms with E-state index in [0.29, 0.717) is 36.0 Å². The van der Waals surface area contributed by atoms with E-state index in [1.54, 1.807) is 55.6 Å². The van der Waals surface area contributed by atoms with Gasteiger partial charge in [-0.2, -0.15) is 0 Å². The largest absolute Gasteiger partial charge is 0.497 e. The number of rotatable bonds is 8. The van der Waals surface area contributed by atoms with E-state index in [1.165, 1.54) is 4.90 Å². The number of ether oxygens (including phenoxy) is 2. The SMILES string of the molecule is COc1ccc(NC(=O)C[C@H]2C(=O)NCCN2C(=O)Nc2ccc(OCc3ccccc3)cc2)cc1. The fourth-order valence-electron chi connectivity index (χ4n) is 3.79. The van der Waals surface area contributed by atoms with Crippen molar-refractivity contribution >= 4 is 29.2 Å². The molecule has 1 atom stereocenters. The normalized spacial score (nSPS) is 15.0. The van der Waals surface area contributed by atoms with Gasteiger partial charge in [-0.25, -0.2) is 4.79 Å². The van der Waals surface area contributed by atoms with Crippen molar-refractivity contribution in [3.63, 3.8) is 0 Å². The molecule has 0 bridgehead atoms. The molecule has 0 saturated carbocycles. The maximum absolute atomic E-state index is 13.0. The second-order valence-corrected chi connectivity index (χ2v) is 8.21. The van der Waals surface area contributed by atoms with Crippen LogP contribution in [0.3, 0.4) is 0 Å². The highest BCUT2D eigenvalue weighted by Crippen LogP contribution is 2.20. The maximum Gasteiger partial charge on any atom is 0.322 e. The summed E-state index contributed by atoms with van der Waals surface area (Å²) in [5.74, 6) is 0.589. The minimum atomic E-state index is -0.925. The summed E-state index contributed by atoms with van der Waals surface area (Å²) in [5.41, 5.74) is 2.18. The molecule has 36 heavy (non-hydrogen) atoms. The monoisotopic (exact) mass is 488 g/mol. The summed E-state index contributed by atoms with van der Waals surface area (Å²) >= 11 is 0. The smallest absolute Gasteiger partial charge is 0.322 e. The number of methoxy groups -OCH3 is 1. The van der Waals surface area contributed by atoms with Crippen LogP contribution in [0.15, 0.2) is 78.9 Å². The number of nitrogens with zero attached hydrogens (tertiary/aromatic N) is 1. The first-order chi connectivity index (χ1) is 17.5. The van der Waals surface area contributed by atoms with E-state index in [2.05, 4.69) is 16.0 Å². The molecular formula is C27H28N4O5. The fourth-order valence-corrected chi connectivity index (χ4v) is 3.79. The van der Waals surface area contributed by atoms with Crippen molar-refractivity contribution in [1.82, 2.24) is 10.2 Å². The second kappa shape index (κ2) is 11.7. The first-order valence-electron chi connectivity index (χ1n) is 11.6. The highest BCUT2D eigenvalue weighted by Gasteiger charge is 2.34. The van der Waals surface area contributed by atoms with Crippen molar-refractivity contribution in [3.8, 4) is 11.5 Å². The van der Waals surface area contributed by atoms with Crippen LogP contribution < -0.4 is 25.4 Å². The number of carbonyl (C=O) groups excluding carboxylic acids is 3. The van der Waals surface area contributed by atoms with Crippen LogP contribution in [0.4, 0.5) is 16.2 Å². The molecule has 0 radical (unpaired) electrons. The molecule has 1 aliphatic rings. The van der Waals surface area contributed by atoms with Gasteiger partial charge in [0.05, 0.1) is 13.5 Å². The standard InChI is InChI=1S/C27H28N4O5/c1-35-22-11-7-20(8-12-22)29-25(32)17-24-26(33)28-15-16-31(24)27(34)30-21-9-13-23(14-10-21)36-18-19-5-3-2-4-6-19/h2-14,24H,15-18H2,1H3,(H,28,33)(H,29,32)(H,30,34)/t24-/m0/s1. The minimum absolute atomic E-state index is 0.169. The number of urea groups is 1. The van der Waals surface area contributed by atoms with Crippen LogP contribution in [-0.2, 0) is 16.2 Å². The molecule has 1 saturated heterocycles. The van der Waals surface area contributed by atoms with Gasteiger partial charge in [-0.3, -0.25) is 9.59 Å². The highest BCUT2D eigenvalue weighted by molar-refractivity contribution is 5.99. The average molecular weight is 489 g/mol. The molecule has 4 amide bonds. The third-order valence-electron chi connectivity index (χ3n) is 5.70. The van der Waals surface area contributed by atoms with E-state index in [1.807, 2.05) is 30.3 Å². The Morgan fingerprint density at radius 2 is 1.56 bits per heavy atom. The summed E-state index contributed by atoms with van der Waals surface area (Å²) in [7, 11) is 1.56. The van der Waals surface area contributed by atoms with Gasteiger partial charge in [0, 0.05) is 24.5 Å². The van der Waals surface area contributed by atoms with E-state index in [9.17, 15) is 14.4 Å². The van der Waals surface area contributed by atoms with Crippen LogP contribution in [0.1, 0.15) is 12.0 Å². The van der Waals surface area contributed by atoms with Gasteiger partial charge in [0.15, 0.2) is 0 Å². The Balaban J connectivity index is 1.33. The zero-order valence-corrected chi connectivity index (χ0v) is 19.9. The summed E-state index contributed by atoms with van der Waals surface area (Å²) < 4.78 is 10.9. The maximum atomic E-state index is 13.0. The Hall–Kier alpha value is -4.53. The van der Waals surface area contributed by atoms with E-state index in [4.69, 9.17) is 9.47 Å². The lowest BCUT2D eigenvalue weighted by molar-refractivity contribution is -0.130. The molecule has 0 aliphatic carbocycles. The van der Waals surface area contributed by atoms with Crippen LogP contribution in [0.5, 0.6) is 11.5 Å². The van der Waals surface area contributed by atoms with Gasteiger partial charge in [0.25, 0.3) is 0 Å². The van der Waals surface area contributed by atoms with Gasteiger partial charge in [-0.15, -0.1) is 0 Å². The lowest BCUT2D eigenvalue weighted by Gasteiger charge is -2.34. The molecule has 1 aliphatic heterocycles. The predicted octanol–water partition coefficient (Wildman–Crippen LogP) is 3.64. The number of hydrogen-bond donors (Lipinski definition) is 3. The van der Waals surface area contributed by atoms with Crippen molar-refractivity contribution in [2.24, 2.45) is 0 Å². The van der Waals surface area contributed by atoms with Crippen LogP contribution in [-0.4, -0.2) is 49.0 Å². The van der Waals surface area contributed by atoms with E-state index in [-0.39, 0.29) is 24.8 Å². The van der Waals surface area contributed by atoms with Crippen LogP contribution in [0, 0.1) is 0 Å². The van der Waals surface area contributed by atoms with Gasteiger partial charge >= 0.3 is 6.03 Å². The molecule has 0 aromatic heterocycles. The molecule has 1 heterocycles. The summed E-state index contributed by atoms with van der Waals surface area (Å²) in [6.07, 6.45) is -0.169. The molecular weight excluding hydrogens is 460 g/mol.